The average molecular weight is 574 g/mol. The number of rotatable bonds is 6. The normalized spacial score (nSPS) is 21.3. The Bertz CT molecular complexity index is 808. The summed E-state index contributed by atoms with van der Waals surface area (Å²) in [7, 11) is 0. The van der Waals surface area contributed by atoms with E-state index in [9.17, 15) is 9.59 Å². The van der Waals surface area contributed by atoms with Gasteiger partial charge in [-0.05, 0) is 49.6 Å². The molecule has 2 aliphatic heterocycles. The number of hydrogen-bond acceptors (Lipinski definition) is 4. The molecule has 1 saturated carbocycles. The number of carbonyl (C=O) groups excluding carboxylic acids is 2. The Balaban J connectivity index is 0.00000289. The molecule has 1 unspecified atom stereocenters. The second kappa shape index (κ2) is 12.2. The standard InChI is InChI=1S/C23H35N5O2S.HI/c1-2-24-23(26-19-8-12-28(16-19)22(30)17-5-3-4-6-17)25-11-7-21(29)27-13-9-20-18(15-27)10-14-31-20;/h10,14,17,19H,2-9,11-13,15-16H2,1H3,(H2,24,25,26);1H. The maximum Gasteiger partial charge on any atom is 0.225 e. The molecule has 9 heteroatoms. The fraction of sp³-hybridized carbons (Fsp3) is 0.696. The molecule has 3 aliphatic rings. The Morgan fingerprint density at radius 2 is 2.00 bits per heavy atom. The number of guanidine groups is 1. The zero-order valence-electron chi connectivity index (χ0n) is 19.0. The van der Waals surface area contributed by atoms with Gasteiger partial charge in [-0.1, -0.05) is 12.8 Å². The molecule has 3 heterocycles. The quantitative estimate of drug-likeness (QED) is 0.312. The number of hydrogen-bond donors (Lipinski definition) is 2. The highest BCUT2D eigenvalue weighted by molar-refractivity contribution is 14.0. The van der Waals surface area contributed by atoms with Gasteiger partial charge in [0.05, 0.1) is 6.54 Å². The highest BCUT2D eigenvalue weighted by Gasteiger charge is 2.32. The number of nitrogens with zero attached hydrogens (tertiary/aromatic N) is 3. The van der Waals surface area contributed by atoms with Gasteiger partial charge in [0.25, 0.3) is 0 Å². The molecule has 7 nitrogen and oxygen atoms in total. The molecule has 2 N–H and O–H groups in total. The van der Waals surface area contributed by atoms with Crippen LogP contribution in [0.15, 0.2) is 16.4 Å². The number of thiophene rings is 1. The van der Waals surface area contributed by atoms with Crippen molar-refractivity contribution in [2.45, 2.75) is 64.5 Å². The molecule has 1 aromatic rings. The topological polar surface area (TPSA) is 77.0 Å². The Kier molecular flexibility index (Phi) is 9.63. The number of likely N-dealkylation sites (tertiary alicyclic amines) is 1. The van der Waals surface area contributed by atoms with E-state index in [1.54, 1.807) is 11.3 Å². The van der Waals surface area contributed by atoms with E-state index in [1.165, 1.54) is 23.3 Å². The lowest BCUT2D eigenvalue weighted by atomic mass is 10.1. The van der Waals surface area contributed by atoms with Gasteiger partial charge in [0.2, 0.25) is 11.8 Å². The Hall–Kier alpha value is -1.36. The van der Waals surface area contributed by atoms with Crippen LogP contribution in [-0.4, -0.2) is 66.3 Å². The predicted molar refractivity (Wildman–Crippen MR) is 140 cm³/mol. The zero-order valence-corrected chi connectivity index (χ0v) is 22.1. The van der Waals surface area contributed by atoms with Crippen LogP contribution in [0, 0.1) is 5.92 Å². The number of amides is 2. The van der Waals surface area contributed by atoms with E-state index >= 15 is 0 Å². The maximum atomic E-state index is 12.7. The summed E-state index contributed by atoms with van der Waals surface area (Å²) in [6, 6.07) is 2.35. The SMILES string of the molecule is CCNC(=NCCC(=O)N1CCc2sccc2C1)NC1CCN(C(=O)C2CCCC2)C1.I. The third-order valence-electron chi connectivity index (χ3n) is 6.65. The van der Waals surface area contributed by atoms with Crippen molar-refractivity contribution in [3.63, 3.8) is 0 Å². The minimum atomic E-state index is 0. The van der Waals surface area contributed by atoms with E-state index in [4.69, 9.17) is 0 Å². The molecule has 32 heavy (non-hydrogen) atoms. The number of fused-ring (bicyclic) bond motifs is 1. The fourth-order valence-electron chi connectivity index (χ4n) is 4.91. The van der Waals surface area contributed by atoms with Gasteiger partial charge in [0.1, 0.15) is 0 Å². The second-order valence-electron chi connectivity index (χ2n) is 8.84. The summed E-state index contributed by atoms with van der Waals surface area (Å²) in [5, 5.41) is 8.87. The molecule has 178 valence electrons. The summed E-state index contributed by atoms with van der Waals surface area (Å²) in [4.78, 5) is 35.3. The van der Waals surface area contributed by atoms with Crippen LogP contribution in [0.3, 0.4) is 0 Å². The number of carbonyl (C=O) groups is 2. The third-order valence-corrected chi connectivity index (χ3v) is 7.67. The van der Waals surface area contributed by atoms with Crippen molar-refractivity contribution >= 4 is 53.1 Å². The van der Waals surface area contributed by atoms with Crippen LogP contribution in [0.25, 0.3) is 0 Å². The van der Waals surface area contributed by atoms with Crippen LogP contribution in [0.1, 0.15) is 55.9 Å². The fourth-order valence-corrected chi connectivity index (χ4v) is 5.80. The second-order valence-corrected chi connectivity index (χ2v) is 9.84. The Labute approximate surface area is 212 Å². The van der Waals surface area contributed by atoms with Gasteiger partial charge in [-0.2, -0.15) is 0 Å². The van der Waals surface area contributed by atoms with Crippen molar-refractivity contribution in [2.24, 2.45) is 10.9 Å². The smallest absolute Gasteiger partial charge is 0.225 e. The van der Waals surface area contributed by atoms with Crippen molar-refractivity contribution in [3.05, 3.63) is 21.9 Å². The number of nitrogens with one attached hydrogen (secondary N) is 2. The van der Waals surface area contributed by atoms with E-state index in [1.807, 2.05) is 16.7 Å². The first-order valence-corrected chi connectivity index (χ1v) is 12.7. The molecular weight excluding hydrogens is 537 g/mol. The minimum Gasteiger partial charge on any atom is -0.357 e. The Morgan fingerprint density at radius 1 is 1.19 bits per heavy atom. The number of aliphatic imine (C=N–C) groups is 1. The van der Waals surface area contributed by atoms with Gasteiger partial charge in [0.15, 0.2) is 5.96 Å². The monoisotopic (exact) mass is 573 g/mol. The Morgan fingerprint density at radius 3 is 2.78 bits per heavy atom. The summed E-state index contributed by atoms with van der Waals surface area (Å²) in [5.74, 6) is 1.50. The first-order valence-electron chi connectivity index (χ1n) is 11.8. The van der Waals surface area contributed by atoms with Crippen molar-refractivity contribution < 1.29 is 9.59 Å². The summed E-state index contributed by atoms with van der Waals surface area (Å²) in [6.45, 7) is 6.38. The average Bonchev–Trinajstić information content (AvgIpc) is 3.54. The summed E-state index contributed by atoms with van der Waals surface area (Å²) in [5.41, 5.74) is 1.29. The van der Waals surface area contributed by atoms with Crippen molar-refractivity contribution in [1.82, 2.24) is 20.4 Å². The lowest BCUT2D eigenvalue weighted by Crippen LogP contribution is -2.45. The molecule has 0 bridgehead atoms. The van der Waals surface area contributed by atoms with Crippen LogP contribution >= 0.6 is 35.3 Å². The molecule has 1 aliphatic carbocycles. The largest absolute Gasteiger partial charge is 0.357 e. The molecule has 1 atom stereocenters. The minimum absolute atomic E-state index is 0. The first kappa shape index (κ1) is 25.3. The van der Waals surface area contributed by atoms with Gasteiger partial charge >= 0.3 is 0 Å². The molecule has 1 saturated heterocycles. The molecule has 0 spiro atoms. The van der Waals surface area contributed by atoms with E-state index < -0.39 is 0 Å². The van der Waals surface area contributed by atoms with Crippen LogP contribution in [0.5, 0.6) is 0 Å². The maximum absolute atomic E-state index is 12.7. The van der Waals surface area contributed by atoms with Gasteiger partial charge in [-0.15, -0.1) is 35.3 Å². The highest BCUT2D eigenvalue weighted by Crippen LogP contribution is 2.28. The van der Waals surface area contributed by atoms with Gasteiger partial charge in [-0.3, -0.25) is 14.6 Å². The molecule has 4 rings (SSSR count). The van der Waals surface area contributed by atoms with Crippen molar-refractivity contribution in [1.29, 1.82) is 0 Å². The summed E-state index contributed by atoms with van der Waals surface area (Å²) >= 11 is 1.79. The molecular formula is C23H36IN5O2S. The van der Waals surface area contributed by atoms with Gasteiger partial charge in [0, 0.05) is 56.0 Å². The molecule has 2 amide bonds. The lowest BCUT2D eigenvalue weighted by Gasteiger charge is -2.27. The van der Waals surface area contributed by atoms with Crippen molar-refractivity contribution in [3.8, 4) is 0 Å². The zero-order chi connectivity index (χ0) is 21.6. The summed E-state index contributed by atoms with van der Waals surface area (Å²) < 4.78 is 0. The van der Waals surface area contributed by atoms with Crippen molar-refractivity contribution in [2.75, 3.05) is 32.7 Å². The van der Waals surface area contributed by atoms with Crippen LogP contribution in [0.2, 0.25) is 0 Å². The lowest BCUT2D eigenvalue weighted by molar-refractivity contribution is -0.134. The molecule has 0 radical (unpaired) electrons. The van der Waals surface area contributed by atoms with E-state index in [0.29, 0.717) is 18.9 Å². The van der Waals surface area contributed by atoms with E-state index in [0.717, 1.165) is 64.4 Å². The predicted octanol–water partition coefficient (Wildman–Crippen LogP) is 2.99. The first-order chi connectivity index (χ1) is 15.1. The van der Waals surface area contributed by atoms with E-state index in [-0.39, 0.29) is 41.8 Å². The number of halogens is 1. The molecule has 0 aromatic carbocycles. The third kappa shape index (κ3) is 6.36. The van der Waals surface area contributed by atoms with E-state index in [2.05, 4.69) is 27.1 Å². The molecule has 1 aromatic heterocycles. The molecule has 2 fully saturated rings. The highest BCUT2D eigenvalue weighted by atomic mass is 127. The van der Waals surface area contributed by atoms with Crippen LogP contribution in [-0.2, 0) is 22.6 Å². The summed E-state index contributed by atoms with van der Waals surface area (Å²) in [6.07, 6.45) is 6.81. The van der Waals surface area contributed by atoms with Crippen LogP contribution in [0.4, 0.5) is 0 Å². The van der Waals surface area contributed by atoms with Gasteiger partial charge < -0.3 is 20.4 Å². The van der Waals surface area contributed by atoms with Gasteiger partial charge in [-0.25, -0.2) is 0 Å². The van der Waals surface area contributed by atoms with Crippen LogP contribution < -0.4 is 10.6 Å².